The molecule has 0 amide bonds. The lowest BCUT2D eigenvalue weighted by molar-refractivity contribution is 0.170. The van der Waals surface area contributed by atoms with Gasteiger partial charge in [0.1, 0.15) is 5.82 Å². The molecule has 1 aliphatic rings. The van der Waals surface area contributed by atoms with Crippen molar-refractivity contribution in [1.29, 1.82) is 5.26 Å². The summed E-state index contributed by atoms with van der Waals surface area (Å²) in [6.45, 7) is 9.89. The van der Waals surface area contributed by atoms with Crippen LogP contribution >= 0.6 is 0 Å². The molecule has 0 bridgehead atoms. The number of aromatic nitrogens is 3. The largest absolute Gasteiger partial charge is 0.424 e. The molecule has 0 radical (unpaired) electrons. The maximum Gasteiger partial charge on any atom is 0.233 e. The molecular formula is C18H24N6O. The second kappa shape index (κ2) is 7.62. The zero-order chi connectivity index (χ0) is 17.8. The summed E-state index contributed by atoms with van der Waals surface area (Å²) >= 11 is 0. The highest BCUT2D eigenvalue weighted by molar-refractivity contribution is 5.45. The first kappa shape index (κ1) is 17.4. The number of hydrogen-bond acceptors (Lipinski definition) is 7. The Hall–Kier alpha value is -2.46. The van der Waals surface area contributed by atoms with Gasteiger partial charge in [-0.05, 0) is 25.0 Å². The Morgan fingerprint density at radius 1 is 1.20 bits per heavy atom. The van der Waals surface area contributed by atoms with Crippen molar-refractivity contribution in [2.45, 2.75) is 33.2 Å². The maximum absolute atomic E-state index is 9.03. The van der Waals surface area contributed by atoms with E-state index in [4.69, 9.17) is 9.68 Å². The summed E-state index contributed by atoms with van der Waals surface area (Å²) in [6.07, 6.45) is 2.51. The fraction of sp³-hybridized carbons (Fsp3) is 0.556. The molecule has 1 saturated heterocycles. The van der Waals surface area contributed by atoms with Gasteiger partial charge in [-0.3, -0.25) is 4.90 Å². The summed E-state index contributed by atoms with van der Waals surface area (Å²) < 4.78 is 5.83. The average Bonchev–Trinajstić information content (AvgIpc) is 3.09. The van der Waals surface area contributed by atoms with Crippen LogP contribution in [-0.2, 0) is 6.42 Å². The van der Waals surface area contributed by atoms with E-state index >= 15 is 0 Å². The first-order valence-corrected chi connectivity index (χ1v) is 8.74. The van der Waals surface area contributed by atoms with Gasteiger partial charge in [0.15, 0.2) is 0 Å². The lowest BCUT2D eigenvalue weighted by atomic mass is 10.1. The number of piperazine rings is 1. The first-order chi connectivity index (χ1) is 12.1. The molecule has 0 saturated carbocycles. The molecule has 1 atom stereocenters. The average molecular weight is 340 g/mol. The maximum atomic E-state index is 9.03. The van der Waals surface area contributed by atoms with E-state index in [2.05, 4.69) is 51.8 Å². The van der Waals surface area contributed by atoms with Gasteiger partial charge in [-0.25, -0.2) is 4.98 Å². The topological polar surface area (TPSA) is 82.1 Å². The standard InChI is InChI=1S/C18H24N6O/c1-13(2)10-17-21-22-18(25-17)14(3)23-6-8-24(9-7-23)16-11-15(12-19)4-5-20-16/h4-5,11,13-14H,6-10H2,1-3H3/t14-/m1/s1. The Morgan fingerprint density at radius 3 is 2.64 bits per heavy atom. The number of nitrogens with zero attached hydrogens (tertiary/aromatic N) is 6. The van der Waals surface area contributed by atoms with Gasteiger partial charge in [0, 0.05) is 38.8 Å². The van der Waals surface area contributed by atoms with Crippen molar-refractivity contribution in [3.63, 3.8) is 0 Å². The summed E-state index contributed by atoms with van der Waals surface area (Å²) in [6, 6.07) is 5.84. The SMILES string of the molecule is CC(C)Cc1nnc([C@@H](C)N2CCN(c3cc(C#N)ccn3)CC2)o1. The number of anilines is 1. The third-order valence-electron chi connectivity index (χ3n) is 4.48. The third kappa shape index (κ3) is 4.15. The highest BCUT2D eigenvalue weighted by Gasteiger charge is 2.26. The molecule has 0 aliphatic carbocycles. The second-order valence-electron chi connectivity index (χ2n) is 6.85. The molecule has 0 aromatic carbocycles. The fourth-order valence-electron chi connectivity index (χ4n) is 3.02. The van der Waals surface area contributed by atoms with Crippen molar-refractivity contribution >= 4 is 5.82 Å². The summed E-state index contributed by atoms with van der Waals surface area (Å²) in [5, 5.41) is 17.4. The van der Waals surface area contributed by atoms with Crippen LogP contribution < -0.4 is 4.90 Å². The van der Waals surface area contributed by atoms with E-state index in [0.29, 0.717) is 23.3 Å². The van der Waals surface area contributed by atoms with Crippen LogP contribution in [0.1, 0.15) is 44.2 Å². The molecular weight excluding hydrogens is 316 g/mol. The molecule has 3 rings (SSSR count). The Labute approximate surface area is 148 Å². The van der Waals surface area contributed by atoms with Crippen molar-refractivity contribution in [2.75, 3.05) is 31.1 Å². The summed E-state index contributed by atoms with van der Waals surface area (Å²) in [5.41, 5.74) is 0.643. The van der Waals surface area contributed by atoms with E-state index in [1.807, 2.05) is 6.07 Å². The number of rotatable bonds is 5. The van der Waals surface area contributed by atoms with Gasteiger partial charge < -0.3 is 9.32 Å². The minimum absolute atomic E-state index is 0.106. The quantitative estimate of drug-likeness (QED) is 0.826. The molecule has 25 heavy (non-hydrogen) atoms. The first-order valence-electron chi connectivity index (χ1n) is 8.74. The van der Waals surface area contributed by atoms with E-state index in [0.717, 1.165) is 38.4 Å². The molecule has 7 heteroatoms. The van der Waals surface area contributed by atoms with Gasteiger partial charge >= 0.3 is 0 Å². The monoisotopic (exact) mass is 340 g/mol. The number of pyridine rings is 1. The smallest absolute Gasteiger partial charge is 0.233 e. The van der Waals surface area contributed by atoms with Crippen molar-refractivity contribution in [2.24, 2.45) is 5.92 Å². The van der Waals surface area contributed by atoms with E-state index in [1.54, 1.807) is 12.3 Å². The van der Waals surface area contributed by atoms with Crippen molar-refractivity contribution in [3.8, 4) is 6.07 Å². The molecule has 0 N–H and O–H groups in total. The predicted molar refractivity (Wildman–Crippen MR) is 94.0 cm³/mol. The Morgan fingerprint density at radius 2 is 1.96 bits per heavy atom. The molecule has 2 aromatic heterocycles. The molecule has 3 heterocycles. The molecule has 2 aromatic rings. The molecule has 0 spiro atoms. The minimum atomic E-state index is 0.106. The fourth-order valence-corrected chi connectivity index (χ4v) is 3.02. The van der Waals surface area contributed by atoms with Crippen LogP contribution in [0.25, 0.3) is 0 Å². The lowest BCUT2D eigenvalue weighted by Gasteiger charge is -2.37. The third-order valence-corrected chi connectivity index (χ3v) is 4.48. The Kier molecular flexibility index (Phi) is 5.29. The molecule has 132 valence electrons. The number of hydrogen-bond donors (Lipinski definition) is 0. The van der Waals surface area contributed by atoms with Crippen LogP contribution in [0.3, 0.4) is 0 Å². The van der Waals surface area contributed by atoms with E-state index in [9.17, 15) is 0 Å². The Balaban J connectivity index is 1.59. The summed E-state index contributed by atoms with van der Waals surface area (Å²) in [7, 11) is 0. The van der Waals surface area contributed by atoms with Crippen LogP contribution in [0.2, 0.25) is 0 Å². The van der Waals surface area contributed by atoms with Gasteiger partial charge in [0.05, 0.1) is 17.7 Å². The molecule has 1 aliphatic heterocycles. The van der Waals surface area contributed by atoms with E-state index < -0.39 is 0 Å². The highest BCUT2D eigenvalue weighted by atomic mass is 16.4. The van der Waals surface area contributed by atoms with Gasteiger partial charge in [0.2, 0.25) is 11.8 Å². The number of nitriles is 1. The van der Waals surface area contributed by atoms with Gasteiger partial charge in [-0.15, -0.1) is 10.2 Å². The van der Waals surface area contributed by atoms with Crippen molar-refractivity contribution in [3.05, 3.63) is 35.7 Å². The van der Waals surface area contributed by atoms with Gasteiger partial charge in [-0.1, -0.05) is 13.8 Å². The predicted octanol–water partition coefficient (Wildman–Crippen LogP) is 2.42. The zero-order valence-electron chi connectivity index (χ0n) is 15.0. The molecule has 1 fully saturated rings. The van der Waals surface area contributed by atoms with Crippen molar-refractivity contribution in [1.82, 2.24) is 20.1 Å². The van der Waals surface area contributed by atoms with Crippen LogP contribution in [0.15, 0.2) is 22.7 Å². The minimum Gasteiger partial charge on any atom is -0.424 e. The van der Waals surface area contributed by atoms with Crippen LogP contribution in [-0.4, -0.2) is 46.3 Å². The zero-order valence-corrected chi connectivity index (χ0v) is 15.0. The van der Waals surface area contributed by atoms with Crippen LogP contribution in [0.4, 0.5) is 5.82 Å². The summed E-state index contributed by atoms with van der Waals surface area (Å²) in [4.78, 5) is 8.94. The highest BCUT2D eigenvalue weighted by Crippen LogP contribution is 2.23. The Bertz CT molecular complexity index is 742. The van der Waals surface area contributed by atoms with Crippen LogP contribution in [0, 0.1) is 17.2 Å². The van der Waals surface area contributed by atoms with Crippen LogP contribution in [0.5, 0.6) is 0 Å². The molecule has 7 nitrogen and oxygen atoms in total. The van der Waals surface area contributed by atoms with Gasteiger partial charge in [-0.2, -0.15) is 5.26 Å². The second-order valence-corrected chi connectivity index (χ2v) is 6.85. The lowest BCUT2D eigenvalue weighted by Crippen LogP contribution is -2.47. The van der Waals surface area contributed by atoms with E-state index in [1.165, 1.54) is 0 Å². The van der Waals surface area contributed by atoms with E-state index in [-0.39, 0.29) is 6.04 Å². The molecule has 0 unspecified atom stereocenters. The van der Waals surface area contributed by atoms with Gasteiger partial charge in [0.25, 0.3) is 0 Å². The van der Waals surface area contributed by atoms with Crippen molar-refractivity contribution < 1.29 is 4.42 Å². The summed E-state index contributed by atoms with van der Waals surface area (Å²) in [5.74, 6) is 2.77. The normalized spacial score (nSPS) is 16.8.